The molecule has 0 saturated heterocycles. The average molecular weight is 468 g/mol. The van der Waals surface area contributed by atoms with Crippen LogP contribution in [0.5, 0.6) is 0 Å². The highest BCUT2D eigenvalue weighted by Gasteiger charge is 2.32. The van der Waals surface area contributed by atoms with Crippen molar-refractivity contribution in [3.8, 4) is 11.4 Å². The second-order valence-corrected chi connectivity index (χ2v) is 9.49. The molecule has 1 aliphatic rings. The van der Waals surface area contributed by atoms with Crippen molar-refractivity contribution < 1.29 is 14.0 Å². The van der Waals surface area contributed by atoms with Crippen molar-refractivity contribution in [1.82, 2.24) is 20.1 Å². The summed E-state index contributed by atoms with van der Waals surface area (Å²) in [5.41, 5.74) is 3.08. The summed E-state index contributed by atoms with van der Waals surface area (Å²) in [6.07, 6.45) is 1.93. The van der Waals surface area contributed by atoms with E-state index in [1.54, 1.807) is 25.1 Å². The van der Waals surface area contributed by atoms with Gasteiger partial charge in [-0.3, -0.25) is 14.2 Å². The van der Waals surface area contributed by atoms with Crippen molar-refractivity contribution in [1.29, 1.82) is 0 Å². The Morgan fingerprint density at radius 1 is 1.12 bits per heavy atom. The number of benzene rings is 2. The van der Waals surface area contributed by atoms with Gasteiger partial charge in [0.2, 0.25) is 11.8 Å². The summed E-state index contributed by atoms with van der Waals surface area (Å²) in [6, 6.07) is 12.4. The number of thioether (sulfide) groups is 1. The Hall–Kier alpha value is -3.20. The minimum Gasteiger partial charge on any atom is -0.346 e. The van der Waals surface area contributed by atoms with Crippen LogP contribution in [-0.4, -0.2) is 38.4 Å². The highest BCUT2D eigenvalue weighted by molar-refractivity contribution is 8.00. The summed E-state index contributed by atoms with van der Waals surface area (Å²) in [5.74, 6) is -0.460. The molecule has 1 unspecified atom stereocenters. The highest BCUT2D eigenvalue weighted by Crippen LogP contribution is 2.42. The second kappa shape index (κ2) is 9.74. The van der Waals surface area contributed by atoms with E-state index in [-0.39, 0.29) is 30.2 Å². The van der Waals surface area contributed by atoms with Gasteiger partial charge in [0.25, 0.3) is 0 Å². The number of para-hydroxylation sites is 1. The first-order valence-electron chi connectivity index (χ1n) is 10.9. The van der Waals surface area contributed by atoms with Crippen LogP contribution in [0, 0.1) is 19.7 Å². The fourth-order valence-electron chi connectivity index (χ4n) is 3.56. The topological polar surface area (TPSA) is 88.9 Å². The zero-order valence-corrected chi connectivity index (χ0v) is 19.6. The Bertz CT molecular complexity index is 1170. The molecule has 1 aliphatic carbocycles. The van der Waals surface area contributed by atoms with Crippen molar-refractivity contribution in [2.45, 2.75) is 50.1 Å². The largest absolute Gasteiger partial charge is 0.346 e. The van der Waals surface area contributed by atoms with E-state index < -0.39 is 5.25 Å². The number of aromatic nitrogens is 3. The SMILES string of the molecule is Cc1cccc(C)c1NC(=O)CNC(=O)C(C)Sc1nnc(-c2ccccc2F)n1C1CC1. The Morgan fingerprint density at radius 2 is 1.82 bits per heavy atom. The molecule has 1 atom stereocenters. The van der Waals surface area contributed by atoms with Gasteiger partial charge < -0.3 is 10.6 Å². The lowest BCUT2D eigenvalue weighted by atomic mass is 10.1. The molecule has 1 saturated carbocycles. The number of carbonyl (C=O) groups excluding carboxylic acids is 2. The number of nitrogens with one attached hydrogen (secondary N) is 2. The monoisotopic (exact) mass is 467 g/mol. The van der Waals surface area contributed by atoms with Crippen LogP contribution in [0.25, 0.3) is 11.4 Å². The predicted octanol–water partition coefficient (Wildman–Crippen LogP) is 4.27. The van der Waals surface area contributed by atoms with Gasteiger partial charge in [-0.15, -0.1) is 10.2 Å². The minimum absolute atomic E-state index is 0.132. The van der Waals surface area contributed by atoms with Gasteiger partial charge >= 0.3 is 0 Å². The smallest absolute Gasteiger partial charge is 0.243 e. The van der Waals surface area contributed by atoms with Gasteiger partial charge in [-0.05, 0) is 56.9 Å². The van der Waals surface area contributed by atoms with Crippen molar-refractivity contribution in [3.63, 3.8) is 0 Å². The van der Waals surface area contributed by atoms with Gasteiger partial charge in [0, 0.05) is 11.7 Å². The molecule has 2 aromatic carbocycles. The number of anilines is 1. The van der Waals surface area contributed by atoms with Gasteiger partial charge in [-0.2, -0.15) is 0 Å². The van der Waals surface area contributed by atoms with Crippen LogP contribution in [0.1, 0.15) is 36.9 Å². The van der Waals surface area contributed by atoms with E-state index in [4.69, 9.17) is 0 Å². The molecule has 1 fully saturated rings. The number of hydrogen-bond donors (Lipinski definition) is 2. The maximum absolute atomic E-state index is 14.3. The van der Waals surface area contributed by atoms with E-state index in [9.17, 15) is 14.0 Å². The Labute approximate surface area is 196 Å². The van der Waals surface area contributed by atoms with Crippen molar-refractivity contribution >= 4 is 29.3 Å². The van der Waals surface area contributed by atoms with Crippen LogP contribution in [0.3, 0.4) is 0 Å². The van der Waals surface area contributed by atoms with Crippen molar-refractivity contribution in [3.05, 3.63) is 59.4 Å². The van der Waals surface area contributed by atoms with Crippen LogP contribution < -0.4 is 10.6 Å². The maximum Gasteiger partial charge on any atom is 0.243 e. The van der Waals surface area contributed by atoms with Crippen molar-refractivity contribution in [2.75, 3.05) is 11.9 Å². The molecule has 9 heteroatoms. The van der Waals surface area contributed by atoms with Crippen molar-refractivity contribution in [2.24, 2.45) is 0 Å². The van der Waals surface area contributed by atoms with E-state index in [1.165, 1.54) is 17.8 Å². The van der Waals surface area contributed by atoms with E-state index in [0.29, 0.717) is 16.5 Å². The first kappa shape index (κ1) is 23.0. The summed E-state index contributed by atoms with van der Waals surface area (Å²) in [5, 5.41) is 14.1. The quantitative estimate of drug-likeness (QED) is 0.483. The third kappa shape index (κ3) is 5.24. The average Bonchev–Trinajstić information content (AvgIpc) is 3.55. The number of carbonyl (C=O) groups is 2. The molecule has 1 heterocycles. The molecule has 4 rings (SSSR count). The number of nitrogens with zero attached hydrogens (tertiary/aromatic N) is 3. The molecule has 172 valence electrons. The molecule has 0 aliphatic heterocycles. The number of aryl methyl sites for hydroxylation is 2. The van der Waals surface area contributed by atoms with E-state index in [0.717, 1.165) is 29.7 Å². The van der Waals surface area contributed by atoms with E-state index in [1.807, 2.05) is 36.6 Å². The Balaban J connectivity index is 1.39. The Kier molecular flexibility index (Phi) is 6.78. The lowest BCUT2D eigenvalue weighted by Gasteiger charge is -2.14. The second-order valence-electron chi connectivity index (χ2n) is 8.18. The molecular formula is C24H26FN5O2S. The number of rotatable bonds is 8. The van der Waals surface area contributed by atoms with Crippen LogP contribution >= 0.6 is 11.8 Å². The number of amides is 2. The molecule has 7 nitrogen and oxygen atoms in total. The fourth-order valence-corrected chi connectivity index (χ4v) is 4.51. The predicted molar refractivity (Wildman–Crippen MR) is 127 cm³/mol. The summed E-state index contributed by atoms with van der Waals surface area (Å²) in [4.78, 5) is 25.0. The van der Waals surface area contributed by atoms with E-state index in [2.05, 4.69) is 20.8 Å². The van der Waals surface area contributed by atoms with Gasteiger partial charge in [0.15, 0.2) is 11.0 Å². The highest BCUT2D eigenvalue weighted by atomic mass is 32.2. The summed E-state index contributed by atoms with van der Waals surface area (Å²) < 4.78 is 16.2. The zero-order valence-electron chi connectivity index (χ0n) is 18.8. The molecule has 3 aromatic rings. The van der Waals surface area contributed by atoms with Gasteiger partial charge in [-0.25, -0.2) is 4.39 Å². The number of hydrogen-bond acceptors (Lipinski definition) is 5. The molecule has 33 heavy (non-hydrogen) atoms. The maximum atomic E-state index is 14.3. The zero-order chi connectivity index (χ0) is 23.5. The Morgan fingerprint density at radius 3 is 2.48 bits per heavy atom. The van der Waals surface area contributed by atoms with Crippen LogP contribution in [-0.2, 0) is 9.59 Å². The minimum atomic E-state index is -0.506. The summed E-state index contributed by atoms with van der Waals surface area (Å²) in [7, 11) is 0. The summed E-state index contributed by atoms with van der Waals surface area (Å²) in [6.45, 7) is 5.46. The third-order valence-corrected chi connectivity index (χ3v) is 6.57. The van der Waals surface area contributed by atoms with Crippen LogP contribution in [0.4, 0.5) is 10.1 Å². The normalized spacial score (nSPS) is 14.1. The lowest BCUT2D eigenvalue weighted by molar-refractivity contribution is -0.123. The molecule has 2 N–H and O–H groups in total. The lowest BCUT2D eigenvalue weighted by Crippen LogP contribution is -2.37. The van der Waals surface area contributed by atoms with E-state index >= 15 is 0 Å². The standard InChI is InChI=1S/C24H26FN5O2S/c1-14-7-6-8-15(2)21(14)27-20(31)13-26-23(32)16(3)33-24-29-28-22(30(24)17-11-12-17)18-9-4-5-10-19(18)25/h4-10,16-17H,11-13H2,1-3H3,(H,26,32)(H,27,31). The summed E-state index contributed by atoms with van der Waals surface area (Å²) >= 11 is 1.25. The molecule has 1 aromatic heterocycles. The van der Waals surface area contributed by atoms with Gasteiger partial charge in [0.1, 0.15) is 5.82 Å². The first-order chi connectivity index (χ1) is 15.8. The molecule has 2 amide bonds. The molecular weight excluding hydrogens is 441 g/mol. The molecule has 0 bridgehead atoms. The third-order valence-electron chi connectivity index (χ3n) is 5.51. The number of halogens is 1. The van der Waals surface area contributed by atoms with Gasteiger partial charge in [0.05, 0.1) is 17.4 Å². The van der Waals surface area contributed by atoms with Gasteiger partial charge in [-0.1, -0.05) is 42.1 Å². The molecule has 0 spiro atoms. The molecule has 0 radical (unpaired) electrons. The van der Waals surface area contributed by atoms with Crippen LogP contribution in [0.15, 0.2) is 47.6 Å². The van der Waals surface area contributed by atoms with Crippen LogP contribution in [0.2, 0.25) is 0 Å². The first-order valence-corrected chi connectivity index (χ1v) is 11.7. The fraction of sp³-hybridized carbons (Fsp3) is 0.333.